The molecule has 3 aromatic rings. The molecule has 0 unspecified atom stereocenters. The maximum atomic E-state index is 14.8. The molecule has 9 aliphatic rings. The van der Waals surface area contributed by atoms with Crippen LogP contribution < -0.4 is 0 Å². The highest BCUT2D eigenvalue weighted by Crippen LogP contribution is 2.71. The van der Waals surface area contributed by atoms with Crippen molar-refractivity contribution in [3.05, 3.63) is 119 Å². The zero-order chi connectivity index (χ0) is 74.5. The lowest BCUT2D eigenvalue weighted by Crippen LogP contribution is -2.68. The molecular formula is C80H106O23Si. The van der Waals surface area contributed by atoms with Crippen molar-refractivity contribution >= 4 is 50.1 Å². The van der Waals surface area contributed by atoms with Crippen molar-refractivity contribution in [1.82, 2.24) is 0 Å². The second kappa shape index (κ2) is 31.0. The smallest absolute Gasteiger partial charge is 0.338 e. The molecule has 104 heavy (non-hydrogen) atoms. The van der Waals surface area contributed by atoms with E-state index in [1.807, 2.05) is 0 Å². The first kappa shape index (κ1) is 77.2. The normalized spacial score (nSPS) is 38.9. The fourth-order valence-corrected chi connectivity index (χ4v) is 19.4. The quantitative estimate of drug-likeness (QED) is 0.0467. The van der Waals surface area contributed by atoms with Gasteiger partial charge < -0.3 is 75.5 Å². The Hall–Kier alpha value is -6.45. The van der Waals surface area contributed by atoms with Crippen LogP contribution in [0.1, 0.15) is 179 Å². The highest BCUT2D eigenvalue weighted by atomic mass is 28.4. The third kappa shape index (κ3) is 15.8. The molecule has 3 aromatic carbocycles. The van der Waals surface area contributed by atoms with Gasteiger partial charge >= 0.3 is 41.8 Å². The minimum absolute atomic E-state index is 0.0857. The van der Waals surface area contributed by atoms with Crippen molar-refractivity contribution in [2.45, 2.75) is 276 Å². The molecule has 8 fully saturated rings. The molecule has 3 saturated carbocycles. The van der Waals surface area contributed by atoms with Gasteiger partial charge in [-0.25, -0.2) is 14.4 Å². The predicted octanol–water partition coefficient (Wildman–Crippen LogP) is 12.1. The molecule has 5 saturated heterocycles. The monoisotopic (exact) mass is 1460 g/mol. The third-order valence-electron chi connectivity index (χ3n) is 24.7. The maximum absolute atomic E-state index is 14.8. The van der Waals surface area contributed by atoms with E-state index in [1.165, 1.54) is 43.7 Å². The van der Waals surface area contributed by atoms with Crippen LogP contribution in [0.5, 0.6) is 0 Å². The SMILES string of the molecule is CC(=O)O[C@@H]1[C@@H](OC(C)=O)[C@H](C)O[C@@H](O[C@H]2[C@H](OC(C)=O)[C@@H](O[C@@H]3O[C@@H](C)[C@H](OC(=O)c4ccccc4)[C@@H](OC(=O)c4ccccc4)[C@H]3OC(=O)c3ccccc3)[C@H](O[C@H]3CC[C@@]4(C)C(=CC[C@H]5[C@@H]6C[C@@H]7O[C@]8(CC[C@@H](C)CO8)[C@@H](C)[C@@H]7[C@@]6(C)CC[C@@H]54)C3)O[C@@H]2CO[Si](C)(C)C(C)(C)C)[C@@H]1OC(C)=O. The van der Waals surface area contributed by atoms with E-state index in [0.29, 0.717) is 42.4 Å². The van der Waals surface area contributed by atoms with Gasteiger partial charge in [0.15, 0.2) is 81.8 Å². The van der Waals surface area contributed by atoms with Crippen molar-refractivity contribution in [1.29, 1.82) is 0 Å². The number of esters is 7. The van der Waals surface area contributed by atoms with Gasteiger partial charge in [-0.15, -0.1) is 0 Å². The largest absolute Gasteiger partial charge is 0.457 e. The van der Waals surface area contributed by atoms with Crippen molar-refractivity contribution in [3.8, 4) is 0 Å². The molecule has 12 rings (SSSR count). The van der Waals surface area contributed by atoms with Crippen molar-refractivity contribution in [2.24, 2.45) is 46.3 Å². The number of rotatable bonds is 19. The third-order valence-corrected chi connectivity index (χ3v) is 29.2. The van der Waals surface area contributed by atoms with Crippen LogP contribution in [0.2, 0.25) is 18.1 Å². The van der Waals surface area contributed by atoms with Crippen LogP contribution in [-0.2, 0) is 94.7 Å². The summed E-state index contributed by atoms with van der Waals surface area (Å²) in [4.78, 5) is 97.3. The molecule has 23 nitrogen and oxygen atoms in total. The van der Waals surface area contributed by atoms with Crippen LogP contribution in [0, 0.1) is 46.3 Å². The van der Waals surface area contributed by atoms with Crippen LogP contribution in [0.25, 0.3) is 0 Å². The fraction of sp³-hybridized carbons (Fsp3) is 0.662. The molecule has 26 atom stereocenters. The molecule has 0 amide bonds. The van der Waals surface area contributed by atoms with E-state index < -0.39 is 154 Å². The topological polar surface area (TPSA) is 267 Å². The minimum atomic E-state index is -2.75. The number of carbonyl (C=O) groups excluding carboxylic acids is 7. The number of benzene rings is 3. The molecule has 5 heterocycles. The van der Waals surface area contributed by atoms with E-state index in [2.05, 4.69) is 67.6 Å². The molecule has 24 heteroatoms. The Bertz CT molecular complexity index is 3590. The molecule has 0 bridgehead atoms. The summed E-state index contributed by atoms with van der Waals surface area (Å²) in [5, 5.41) is -0.359. The van der Waals surface area contributed by atoms with Crippen molar-refractivity contribution in [3.63, 3.8) is 0 Å². The highest BCUT2D eigenvalue weighted by Gasteiger charge is 2.69. The van der Waals surface area contributed by atoms with Gasteiger partial charge in [0.25, 0.3) is 0 Å². The van der Waals surface area contributed by atoms with Gasteiger partial charge in [0.2, 0.25) is 0 Å². The van der Waals surface area contributed by atoms with Gasteiger partial charge in [-0.05, 0) is 160 Å². The zero-order valence-electron chi connectivity index (χ0n) is 62.7. The lowest BCUT2D eigenvalue weighted by Gasteiger charge is -2.59. The summed E-state index contributed by atoms with van der Waals surface area (Å²) >= 11 is 0. The molecular weight excluding hydrogens is 1360 g/mol. The molecule has 5 aliphatic heterocycles. The number of hydrogen-bond donors (Lipinski definition) is 0. The van der Waals surface area contributed by atoms with Gasteiger partial charge in [-0.3, -0.25) is 19.2 Å². The second-order valence-corrected chi connectivity index (χ2v) is 37.3. The van der Waals surface area contributed by atoms with Crippen molar-refractivity contribution in [2.75, 3.05) is 13.2 Å². The lowest BCUT2D eigenvalue weighted by atomic mass is 9.47. The Labute approximate surface area is 611 Å². The number of allylic oxidation sites excluding steroid dienone is 1. The van der Waals surface area contributed by atoms with Crippen LogP contribution in [0.4, 0.5) is 0 Å². The summed E-state index contributed by atoms with van der Waals surface area (Å²) in [7, 11) is -2.75. The molecule has 568 valence electrons. The summed E-state index contributed by atoms with van der Waals surface area (Å²) in [5.41, 5.74) is 1.55. The second-order valence-electron chi connectivity index (χ2n) is 32.5. The van der Waals surface area contributed by atoms with Gasteiger partial charge in [-0.1, -0.05) is 115 Å². The fourth-order valence-electron chi connectivity index (χ4n) is 18.4. The average Bonchev–Trinajstić information content (AvgIpc) is 1.53. The van der Waals surface area contributed by atoms with Crippen LogP contribution in [-0.4, -0.2) is 173 Å². The number of carbonyl (C=O) groups is 7. The Morgan fingerprint density at radius 2 is 1.00 bits per heavy atom. The zero-order valence-corrected chi connectivity index (χ0v) is 63.7. The van der Waals surface area contributed by atoms with E-state index in [4.69, 9.17) is 75.5 Å². The summed E-state index contributed by atoms with van der Waals surface area (Å²) in [6, 6.07) is 24.3. The van der Waals surface area contributed by atoms with Crippen LogP contribution >= 0.6 is 0 Å². The van der Waals surface area contributed by atoms with Gasteiger partial charge in [0.05, 0.1) is 54.3 Å². The number of hydrogen-bond acceptors (Lipinski definition) is 23. The molecule has 0 radical (unpaired) electrons. The Morgan fingerprint density at radius 3 is 1.53 bits per heavy atom. The molecule has 0 aromatic heterocycles. The van der Waals surface area contributed by atoms with E-state index >= 15 is 0 Å². The van der Waals surface area contributed by atoms with E-state index in [1.54, 1.807) is 80.6 Å². The first-order chi connectivity index (χ1) is 49.3. The van der Waals surface area contributed by atoms with Crippen molar-refractivity contribution < 1.29 is 109 Å². The Kier molecular flexibility index (Phi) is 23.0. The number of ether oxygens (including phenoxy) is 15. The van der Waals surface area contributed by atoms with Gasteiger partial charge in [-0.2, -0.15) is 0 Å². The van der Waals surface area contributed by atoms with Crippen LogP contribution in [0.3, 0.4) is 0 Å². The Balaban J connectivity index is 0.944. The summed E-state index contributed by atoms with van der Waals surface area (Å²) in [6.45, 7) is 28.2. The molecule has 4 aliphatic carbocycles. The lowest BCUT2D eigenvalue weighted by molar-refractivity contribution is -0.388. The van der Waals surface area contributed by atoms with E-state index in [0.717, 1.165) is 65.4 Å². The van der Waals surface area contributed by atoms with E-state index in [9.17, 15) is 33.6 Å². The minimum Gasteiger partial charge on any atom is -0.457 e. The van der Waals surface area contributed by atoms with E-state index in [-0.39, 0.29) is 51.2 Å². The first-order valence-electron chi connectivity index (χ1n) is 37.3. The van der Waals surface area contributed by atoms with Gasteiger partial charge in [0, 0.05) is 40.0 Å². The molecule has 1 spiro atoms. The van der Waals surface area contributed by atoms with Crippen LogP contribution in [0.15, 0.2) is 103 Å². The summed E-state index contributed by atoms with van der Waals surface area (Å²) in [6.07, 6.45) is -13.1. The Morgan fingerprint density at radius 1 is 0.529 bits per heavy atom. The standard InChI is InChI=1S/C80H106O23Si/c1-43-33-38-80(88-41-43)44(2)61-59(103-80)40-58-56-32-31-54-39-55(34-36-78(54,12)57(56)35-37-79(58,61)13)96-76-70(67(94-49(7)83)64(60(97-76)42-89-104(14,15)77(9,10)11)101-74-68(95-50(8)84)65(93-48(6)82)62(45(3)90-74)92-47(5)81)102-75-69(100-73(87)53-29-23-18-24-30-53)66(99-72(86)52-27-21-17-22-28-52)63(46(4)91-75)98-71(85)51-25-19-16-20-26-51/h16-31,43-46,55-70,74-76H,32-42H2,1-15H3/t43-,44+,45+,46+,55+,56-,57+,58+,59+,60-,61+,62+,63+,64-,65-,66-,67+,68-,69-,70-,74+,75+,76-,78+,79+,80-/m1/s1. The average molecular weight is 1460 g/mol. The molecule has 0 N–H and O–H groups in total. The summed E-state index contributed by atoms with van der Waals surface area (Å²) < 4.78 is 107. The number of fused-ring (bicyclic) bond motifs is 7. The van der Waals surface area contributed by atoms with Gasteiger partial charge in [0.1, 0.15) is 12.2 Å². The summed E-state index contributed by atoms with van der Waals surface area (Å²) in [5.74, 6) is -3.86. The first-order valence-corrected chi connectivity index (χ1v) is 40.2. The maximum Gasteiger partial charge on any atom is 0.338 e. The highest BCUT2D eigenvalue weighted by molar-refractivity contribution is 6.74. The predicted molar refractivity (Wildman–Crippen MR) is 376 cm³/mol.